The number of alkyl halides is 6. The zero-order valence-electron chi connectivity index (χ0n) is 14.8. The third-order valence-electron chi connectivity index (χ3n) is 4.98. The van der Waals surface area contributed by atoms with Crippen LogP contribution in [0.1, 0.15) is 38.2 Å². The second kappa shape index (κ2) is 8.26. The van der Waals surface area contributed by atoms with Crippen molar-refractivity contribution in [3.8, 4) is 5.75 Å². The summed E-state index contributed by atoms with van der Waals surface area (Å²) in [7, 11) is 0. The van der Waals surface area contributed by atoms with Crippen molar-refractivity contribution in [3.63, 3.8) is 0 Å². The van der Waals surface area contributed by atoms with Gasteiger partial charge < -0.3 is 15.2 Å². The molecule has 1 aromatic rings. The van der Waals surface area contributed by atoms with Crippen LogP contribution in [-0.2, 0) is 6.42 Å². The Morgan fingerprint density at radius 2 is 1.67 bits per heavy atom. The highest BCUT2D eigenvalue weighted by atomic mass is 19.4. The molecule has 2 N–H and O–H groups in total. The number of aliphatic hydroxyl groups excluding tert-OH is 1. The molecule has 1 aliphatic carbocycles. The quantitative estimate of drug-likeness (QED) is 0.688. The first kappa shape index (κ1) is 21.8. The molecule has 3 nitrogen and oxygen atoms in total. The summed E-state index contributed by atoms with van der Waals surface area (Å²) in [6.07, 6.45) is -8.69. The van der Waals surface area contributed by atoms with Crippen LogP contribution in [0.25, 0.3) is 0 Å². The first-order chi connectivity index (χ1) is 12.4. The highest BCUT2D eigenvalue weighted by Gasteiger charge is 2.41. The van der Waals surface area contributed by atoms with Crippen molar-refractivity contribution in [2.45, 2.75) is 63.2 Å². The van der Waals surface area contributed by atoms with Gasteiger partial charge in [0.05, 0.1) is 0 Å². The molecule has 154 valence electrons. The van der Waals surface area contributed by atoms with Gasteiger partial charge in [0.1, 0.15) is 5.75 Å². The van der Waals surface area contributed by atoms with Gasteiger partial charge in [-0.05, 0) is 55.7 Å². The first-order valence-corrected chi connectivity index (χ1v) is 8.73. The van der Waals surface area contributed by atoms with Crippen LogP contribution in [0, 0.1) is 5.92 Å². The normalized spacial score (nSPS) is 25.3. The van der Waals surface area contributed by atoms with E-state index in [0.717, 1.165) is 12.8 Å². The zero-order chi connectivity index (χ0) is 20.3. The fourth-order valence-corrected chi connectivity index (χ4v) is 3.36. The van der Waals surface area contributed by atoms with Crippen LogP contribution in [-0.4, -0.2) is 35.8 Å². The Hall–Kier alpha value is -1.48. The Morgan fingerprint density at radius 1 is 1.11 bits per heavy atom. The van der Waals surface area contributed by atoms with Crippen molar-refractivity contribution in [1.29, 1.82) is 0 Å². The molecule has 1 aromatic carbocycles. The minimum absolute atomic E-state index is 0.349. The molecule has 1 atom stereocenters. The molecule has 1 saturated carbocycles. The molecule has 0 spiro atoms. The maximum absolute atomic E-state index is 12.6. The maximum atomic E-state index is 12.6. The molecule has 0 bridgehead atoms. The predicted molar refractivity (Wildman–Crippen MR) is 87.3 cm³/mol. The van der Waals surface area contributed by atoms with E-state index in [4.69, 9.17) is 0 Å². The molecule has 0 amide bonds. The average molecular weight is 399 g/mol. The van der Waals surface area contributed by atoms with Crippen molar-refractivity contribution in [2.75, 3.05) is 6.54 Å². The van der Waals surface area contributed by atoms with Gasteiger partial charge >= 0.3 is 12.5 Å². The van der Waals surface area contributed by atoms with Gasteiger partial charge in [-0.1, -0.05) is 19.1 Å². The average Bonchev–Trinajstić information content (AvgIpc) is 2.55. The third kappa shape index (κ3) is 6.88. The van der Waals surface area contributed by atoms with Gasteiger partial charge in [-0.3, -0.25) is 0 Å². The van der Waals surface area contributed by atoms with E-state index in [1.807, 2.05) is 0 Å². The van der Waals surface area contributed by atoms with Crippen molar-refractivity contribution in [1.82, 2.24) is 5.32 Å². The Labute approximate surface area is 153 Å². The number of β-amino-alcohol motifs (C(OH)–C–C–N with tert-alkyl or cyclic N) is 1. The Morgan fingerprint density at radius 3 is 2.15 bits per heavy atom. The summed E-state index contributed by atoms with van der Waals surface area (Å²) in [5.74, 6) is 0.105. The van der Waals surface area contributed by atoms with Crippen molar-refractivity contribution in [3.05, 3.63) is 29.8 Å². The molecular weight excluding hydrogens is 376 g/mol. The lowest BCUT2D eigenvalue weighted by Gasteiger charge is -2.41. The Balaban J connectivity index is 2.08. The van der Waals surface area contributed by atoms with E-state index in [-0.39, 0.29) is 5.75 Å². The minimum atomic E-state index is -4.78. The summed E-state index contributed by atoms with van der Waals surface area (Å²) < 4.78 is 78.3. The third-order valence-corrected chi connectivity index (χ3v) is 4.98. The molecule has 9 heteroatoms. The molecule has 0 saturated heterocycles. The van der Waals surface area contributed by atoms with Gasteiger partial charge in [-0.2, -0.15) is 13.2 Å². The molecule has 1 fully saturated rings. The van der Waals surface area contributed by atoms with E-state index in [1.165, 1.54) is 24.3 Å². The van der Waals surface area contributed by atoms with Crippen LogP contribution in [0.15, 0.2) is 24.3 Å². The number of rotatable bonds is 6. The number of halogens is 6. The molecule has 2 rings (SSSR count). The molecule has 1 aliphatic rings. The SMILES string of the molecule is CC1CCC(Cc2ccc(OC(F)(F)F)cc2)(NCC(O)C(F)(F)F)CC1. The largest absolute Gasteiger partial charge is 0.573 e. The van der Waals surface area contributed by atoms with E-state index in [9.17, 15) is 31.4 Å². The summed E-state index contributed by atoms with van der Waals surface area (Å²) in [5, 5.41) is 12.2. The number of ether oxygens (including phenoxy) is 1. The first-order valence-electron chi connectivity index (χ1n) is 8.73. The van der Waals surface area contributed by atoms with Gasteiger partial charge in [0.15, 0.2) is 6.10 Å². The summed E-state index contributed by atoms with van der Waals surface area (Å²) in [4.78, 5) is 0. The van der Waals surface area contributed by atoms with Gasteiger partial charge in [0.25, 0.3) is 0 Å². The van der Waals surface area contributed by atoms with Gasteiger partial charge in [-0.25, -0.2) is 0 Å². The lowest BCUT2D eigenvalue weighted by atomic mass is 9.74. The van der Waals surface area contributed by atoms with Crippen LogP contribution in [0.5, 0.6) is 5.75 Å². The summed E-state index contributed by atoms with van der Waals surface area (Å²) >= 11 is 0. The fraction of sp³-hybridized carbons (Fsp3) is 0.667. The highest BCUT2D eigenvalue weighted by molar-refractivity contribution is 5.29. The number of benzene rings is 1. The summed E-state index contributed by atoms with van der Waals surface area (Å²) in [6, 6.07) is 5.32. The van der Waals surface area contributed by atoms with Gasteiger partial charge in [0, 0.05) is 12.1 Å². The van der Waals surface area contributed by atoms with E-state index in [1.54, 1.807) is 0 Å². The van der Waals surface area contributed by atoms with Crippen LogP contribution in [0.3, 0.4) is 0 Å². The fourth-order valence-electron chi connectivity index (χ4n) is 3.36. The topological polar surface area (TPSA) is 41.5 Å². The standard InChI is InChI=1S/C18H23F6NO2/c1-12-6-8-16(9-7-12,25-11-15(26)17(19,20)21)10-13-2-4-14(5-3-13)27-18(22,23)24/h2-5,12,15,25-26H,6-11H2,1H3. The van der Waals surface area contributed by atoms with E-state index in [2.05, 4.69) is 17.0 Å². The molecule has 1 unspecified atom stereocenters. The van der Waals surface area contributed by atoms with Gasteiger partial charge in [0.2, 0.25) is 0 Å². The van der Waals surface area contributed by atoms with Crippen molar-refractivity contribution < 1.29 is 36.2 Å². The summed E-state index contributed by atoms with van der Waals surface area (Å²) in [6.45, 7) is 1.45. The van der Waals surface area contributed by atoms with Crippen molar-refractivity contribution in [2.24, 2.45) is 5.92 Å². The van der Waals surface area contributed by atoms with E-state index in [0.29, 0.717) is 30.7 Å². The molecule has 27 heavy (non-hydrogen) atoms. The lowest BCUT2D eigenvalue weighted by molar-refractivity contribution is -0.274. The van der Waals surface area contributed by atoms with Crippen LogP contribution in [0.4, 0.5) is 26.3 Å². The molecule has 0 aliphatic heterocycles. The number of hydrogen-bond donors (Lipinski definition) is 2. The van der Waals surface area contributed by atoms with Gasteiger partial charge in [-0.15, -0.1) is 13.2 Å². The van der Waals surface area contributed by atoms with Crippen LogP contribution < -0.4 is 10.1 Å². The molecular formula is C18H23F6NO2. The molecule has 0 heterocycles. The Bertz CT molecular complexity index is 591. The molecule has 0 aromatic heterocycles. The second-order valence-electron chi connectivity index (χ2n) is 7.27. The Kier molecular flexibility index (Phi) is 6.68. The van der Waals surface area contributed by atoms with E-state index < -0.39 is 30.7 Å². The monoisotopic (exact) mass is 399 g/mol. The summed E-state index contributed by atoms with van der Waals surface area (Å²) in [5.41, 5.74) is 0.0542. The molecule has 0 radical (unpaired) electrons. The maximum Gasteiger partial charge on any atom is 0.573 e. The predicted octanol–water partition coefficient (Wildman–Crippen LogP) is 4.59. The van der Waals surface area contributed by atoms with E-state index >= 15 is 0 Å². The van der Waals surface area contributed by atoms with Crippen molar-refractivity contribution >= 4 is 0 Å². The number of hydrogen-bond acceptors (Lipinski definition) is 3. The smallest absolute Gasteiger partial charge is 0.406 e. The zero-order valence-corrected chi connectivity index (χ0v) is 14.8. The number of aliphatic hydroxyl groups is 1. The minimum Gasteiger partial charge on any atom is -0.406 e. The lowest BCUT2D eigenvalue weighted by Crippen LogP contribution is -2.53. The van der Waals surface area contributed by atoms with Crippen LogP contribution >= 0.6 is 0 Å². The number of nitrogens with one attached hydrogen (secondary N) is 1. The second-order valence-corrected chi connectivity index (χ2v) is 7.27. The highest BCUT2D eigenvalue weighted by Crippen LogP contribution is 2.35. The van der Waals surface area contributed by atoms with Crippen LogP contribution in [0.2, 0.25) is 0 Å².